The summed E-state index contributed by atoms with van der Waals surface area (Å²) in [5.74, 6) is -1.54. The number of carbonyl (C=O) groups is 3. The molecular weight excluding hydrogens is 218 g/mol. The van der Waals surface area contributed by atoms with Crippen LogP contribution in [0, 0.1) is 0 Å². The van der Waals surface area contributed by atoms with Crippen LogP contribution in [0.4, 0.5) is 0 Å². The van der Waals surface area contributed by atoms with Crippen LogP contribution in [0.15, 0.2) is 0 Å². The Balaban J connectivity index is 2.73. The molecule has 84 valence electrons. The average molecular weight is 231 g/mol. The van der Waals surface area contributed by atoms with Gasteiger partial charge < -0.3 is 5.11 Å². The molecule has 1 saturated heterocycles. The molecule has 0 aromatic heterocycles. The topological polar surface area (TPSA) is 74.7 Å². The maximum absolute atomic E-state index is 11.5. The van der Waals surface area contributed by atoms with E-state index in [0.717, 1.165) is 16.7 Å². The van der Waals surface area contributed by atoms with Crippen LogP contribution < -0.4 is 0 Å². The van der Waals surface area contributed by atoms with Gasteiger partial charge in [0.2, 0.25) is 11.8 Å². The molecule has 1 aliphatic heterocycles. The van der Waals surface area contributed by atoms with Gasteiger partial charge in [-0.05, 0) is 13.8 Å². The maximum atomic E-state index is 11.5. The number of carbonyl (C=O) groups excluding carboxylic acids is 2. The first-order valence-corrected chi connectivity index (χ1v) is 5.35. The number of hydrogen-bond donors (Lipinski definition) is 1. The van der Waals surface area contributed by atoms with Crippen molar-refractivity contribution in [3.63, 3.8) is 0 Å². The molecule has 0 aromatic carbocycles. The van der Waals surface area contributed by atoms with Crippen LogP contribution >= 0.6 is 11.8 Å². The molecule has 1 N–H and O–H groups in total. The normalized spacial score (nSPS) is 22.3. The first-order valence-electron chi connectivity index (χ1n) is 4.47. The molecule has 0 spiro atoms. The van der Waals surface area contributed by atoms with Gasteiger partial charge in [0, 0.05) is 13.5 Å². The van der Waals surface area contributed by atoms with Gasteiger partial charge >= 0.3 is 5.97 Å². The summed E-state index contributed by atoms with van der Waals surface area (Å²) in [7, 11) is 1.42. The van der Waals surface area contributed by atoms with Gasteiger partial charge in [-0.3, -0.25) is 19.3 Å². The van der Waals surface area contributed by atoms with Gasteiger partial charge in [-0.25, -0.2) is 0 Å². The van der Waals surface area contributed by atoms with E-state index in [1.54, 1.807) is 0 Å². The summed E-state index contributed by atoms with van der Waals surface area (Å²) in [5.41, 5.74) is 0. The van der Waals surface area contributed by atoms with Crippen molar-refractivity contribution in [2.24, 2.45) is 0 Å². The summed E-state index contributed by atoms with van der Waals surface area (Å²) in [4.78, 5) is 34.6. The molecule has 15 heavy (non-hydrogen) atoms. The molecule has 2 amide bonds. The largest absolute Gasteiger partial charge is 0.480 e. The monoisotopic (exact) mass is 231 g/mol. The Hall–Kier alpha value is -1.04. The Labute approximate surface area is 91.8 Å². The van der Waals surface area contributed by atoms with Crippen LogP contribution in [0.3, 0.4) is 0 Å². The van der Waals surface area contributed by atoms with Gasteiger partial charge in [-0.15, -0.1) is 11.8 Å². The lowest BCUT2D eigenvalue weighted by molar-refractivity contribution is -0.139. The van der Waals surface area contributed by atoms with Gasteiger partial charge in [0.05, 0.1) is 5.25 Å². The van der Waals surface area contributed by atoms with Crippen molar-refractivity contribution in [1.82, 2.24) is 4.90 Å². The standard InChI is InChI=1S/C9H13NO4S/c1-9(2,8(13)14)15-5-4-6(11)10(3)7(5)12/h5H,4H2,1-3H3,(H,13,14). The molecule has 1 rings (SSSR count). The molecule has 1 aliphatic rings. The van der Waals surface area contributed by atoms with E-state index in [4.69, 9.17) is 5.11 Å². The molecule has 0 aromatic rings. The Morgan fingerprint density at radius 2 is 2.07 bits per heavy atom. The van der Waals surface area contributed by atoms with E-state index in [-0.39, 0.29) is 18.2 Å². The Kier molecular flexibility index (Phi) is 3.08. The number of amides is 2. The molecule has 0 radical (unpaired) electrons. The van der Waals surface area contributed by atoms with Crippen molar-refractivity contribution in [1.29, 1.82) is 0 Å². The number of likely N-dealkylation sites (tertiary alicyclic amines) is 1. The SMILES string of the molecule is CN1C(=O)CC(SC(C)(C)C(=O)O)C1=O. The van der Waals surface area contributed by atoms with Crippen LogP contribution in [0.25, 0.3) is 0 Å². The lowest BCUT2D eigenvalue weighted by Gasteiger charge is -2.21. The van der Waals surface area contributed by atoms with E-state index in [1.165, 1.54) is 20.9 Å². The van der Waals surface area contributed by atoms with Crippen molar-refractivity contribution in [2.75, 3.05) is 7.05 Å². The average Bonchev–Trinajstić information content (AvgIpc) is 2.33. The highest BCUT2D eigenvalue weighted by Gasteiger charge is 2.42. The maximum Gasteiger partial charge on any atom is 0.319 e. The number of aliphatic carboxylic acids is 1. The first-order chi connectivity index (χ1) is 6.75. The zero-order valence-corrected chi connectivity index (χ0v) is 9.63. The third kappa shape index (κ3) is 2.31. The highest BCUT2D eigenvalue weighted by molar-refractivity contribution is 8.02. The van der Waals surface area contributed by atoms with E-state index < -0.39 is 16.0 Å². The van der Waals surface area contributed by atoms with Gasteiger partial charge in [-0.2, -0.15) is 0 Å². The third-order valence-electron chi connectivity index (χ3n) is 2.29. The number of nitrogens with zero attached hydrogens (tertiary/aromatic N) is 1. The predicted octanol–water partition coefficient (Wildman–Crippen LogP) is 0.340. The molecule has 1 fully saturated rings. The summed E-state index contributed by atoms with van der Waals surface area (Å²) >= 11 is 1.02. The molecule has 5 nitrogen and oxygen atoms in total. The Morgan fingerprint density at radius 1 is 1.53 bits per heavy atom. The number of imide groups is 1. The summed E-state index contributed by atoms with van der Waals surface area (Å²) in [6.45, 7) is 3.05. The van der Waals surface area contributed by atoms with Gasteiger partial charge in [0.1, 0.15) is 4.75 Å². The van der Waals surface area contributed by atoms with E-state index >= 15 is 0 Å². The highest BCUT2D eigenvalue weighted by Crippen LogP contribution is 2.34. The van der Waals surface area contributed by atoms with E-state index in [1.807, 2.05) is 0 Å². The molecule has 6 heteroatoms. The second kappa shape index (κ2) is 3.84. The lowest BCUT2D eigenvalue weighted by atomic mass is 10.2. The Bertz CT molecular complexity index is 326. The summed E-state index contributed by atoms with van der Waals surface area (Å²) in [5, 5.41) is 8.33. The van der Waals surface area contributed by atoms with E-state index in [2.05, 4.69) is 0 Å². The zero-order chi connectivity index (χ0) is 11.8. The molecule has 1 unspecified atom stereocenters. The third-order valence-corrected chi connectivity index (χ3v) is 3.71. The molecule has 0 saturated carbocycles. The number of carboxylic acid groups (broad SMARTS) is 1. The minimum atomic E-state index is -1.05. The van der Waals surface area contributed by atoms with Crippen LogP contribution in [0.5, 0.6) is 0 Å². The van der Waals surface area contributed by atoms with Gasteiger partial charge in [0.15, 0.2) is 0 Å². The molecular formula is C9H13NO4S. The Morgan fingerprint density at radius 3 is 2.40 bits per heavy atom. The first kappa shape index (κ1) is 12.0. The molecule has 1 heterocycles. The fourth-order valence-corrected chi connectivity index (χ4v) is 2.52. The minimum absolute atomic E-state index is 0.0940. The van der Waals surface area contributed by atoms with Crippen molar-refractivity contribution < 1.29 is 19.5 Å². The molecule has 0 aliphatic carbocycles. The summed E-state index contributed by atoms with van der Waals surface area (Å²) in [6, 6.07) is 0. The lowest BCUT2D eigenvalue weighted by Crippen LogP contribution is -2.33. The molecule has 1 atom stereocenters. The van der Waals surface area contributed by atoms with Gasteiger partial charge in [0.25, 0.3) is 0 Å². The van der Waals surface area contributed by atoms with E-state index in [0.29, 0.717) is 0 Å². The highest BCUT2D eigenvalue weighted by atomic mass is 32.2. The molecule has 0 bridgehead atoms. The smallest absolute Gasteiger partial charge is 0.319 e. The fraction of sp³-hybridized carbons (Fsp3) is 0.667. The summed E-state index contributed by atoms with van der Waals surface area (Å²) < 4.78 is -1.05. The predicted molar refractivity (Wildman–Crippen MR) is 55.5 cm³/mol. The van der Waals surface area contributed by atoms with Crippen LogP contribution in [-0.2, 0) is 14.4 Å². The number of carboxylic acids is 1. The zero-order valence-electron chi connectivity index (χ0n) is 8.81. The van der Waals surface area contributed by atoms with Crippen LogP contribution in [-0.4, -0.2) is 44.8 Å². The quantitative estimate of drug-likeness (QED) is 0.709. The van der Waals surface area contributed by atoms with E-state index in [9.17, 15) is 14.4 Å². The van der Waals surface area contributed by atoms with Crippen molar-refractivity contribution in [3.05, 3.63) is 0 Å². The fourth-order valence-electron chi connectivity index (χ4n) is 1.22. The van der Waals surface area contributed by atoms with Crippen molar-refractivity contribution >= 4 is 29.5 Å². The van der Waals surface area contributed by atoms with Crippen LogP contribution in [0.1, 0.15) is 20.3 Å². The number of hydrogen-bond acceptors (Lipinski definition) is 4. The second-order valence-electron chi connectivity index (χ2n) is 3.92. The minimum Gasteiger partial charge on any atom is -0.480 e. The number of rotatable bonds is 3. The van der Waals surface area contributed by atoms with Gasteiger partial charge in [-0.1, -0.05) is 0 Å². The summed E-state index contributed by atoms with van der Waals surface area (Å²) in [6.07, 6.45) is 0.0940. The van der Waals surface area contributed by atoms with Crippen LogP contribution in [0.2, 0.25) is 0 Å². The van der Waals surface area contributed by atoms with Crippen molar-refractivity contribution in [2.45, 2.75) is 30.3 Å². The number of thioether (sulfide) groups is 1. The second-order valence-corrected chi connectivity index (χ2v) is 5.74. The van der Waals surface area contributed by atoms with Crippen molar-refractivity contribution in [3.8, 4) is 0 Å².